The minimum Gasteiger partial charge on any atom is -0.384 e. The molecule has 0 radical (unpaired) electrons. The van der Waals surface area contributed by atoms with Crippen LogP contribution in [0, 0.1) is 5.92 Å². The Morgan fingerprint density at radius 1 is 1.12 bits per heavy atom. The van der Waals surface area contributed by atoms with Gasteiger partial charge >= 0.3 is 0 Å². The summed E-state index contributed by atoms with van der Waals surface area (Å²) in [6, 6.07) is 11.7. The van der Waals surface area contributed by atoms with Gasteiger partial charge in [-0.15, -0.1) is 0 Å². The number of carbonyl (C=O) groups excluding carboxylic acids is 1. The molecule has 0 saturated carbocycles. The Bertz CT molecular complexity index is 758. The lowest BCUT2D eigenvalue weighted by Crippen LogP contribution is -2.24. The van der Waals surface area contributed by atoms with Crippen molar-refractivity contribution in [1.29, 1.82) is 0 Å². The number of rotatable bonds is 4. The van der Waals surface area contributed by atoms with Crippen LogP contribution in [-0.4, -0.2) is 35.5 Å². The fourth-order valence-corrected chi connectivity index (χ4v) is 3.74. The molecule has 3 heterocycles. The van der Waals surface area contributed by atoms with Gasteiger partial charge in [0.2, 0.25) is 11.9 Å². The molecule has 6 nitrogen and oxygen atoms in total. The van der Waals surface area contributed by atoms with Gasteiger partial charge in [0.15, 0.2) is 0 Å². The largest absolute Gasteiger partial charge is 0.384 e. The van der Waals surface area contributed by atoms with Crippen LogP contribution in [0.15, 0.2) is 36.4 Å². The maximum atomic E-state index is 12.4. The number of benzene rings is 1. The lowest BCUT2D eigenvalue weighted by Gasteiger charge is -2.18. The summed E-state index contributed by atoms with van der Waals surface area (Å²) in [6.45, 7) is 2.71. The SMILES string of the molecule is Nc1cc(C[C@@H]2CC(=O)N(c3ccccc3)C2)nc(N2CCCC2)n1. The number of hydrogen-bond acceptors (Lipinski definition) is 5. The van der Waals surface area contributed by atoms with Crippen molar-refractivity contribution in [3.05, 3.63) is 42.1 Å². The van der Waals surface area contributed by atoms with E-state index in [0.29, 0.717) is 12.2 Å². The summed E-state index contributed by atoms with van der Waals surface area (Å²) in [5, 5.41) is 0. The molecule has 130 valence electrons. The van der Waals surface area contributed by atoms with Crippen molar-refractivity contribution in [2.24, 2.45) is 5.92 Å². The molecule has 2 aliphatic rings. The van der Waals surface area contributed by atoms with E-state index in [1.807, 2.05) is 41.3 Å². The predicted octanol–water partition coefficient (Wildman–Crippen LogP) is 2.25. The number of nitrogens with zero attached hydrogens (tertiary/aromatic N) is 4. The zero-order valence-corrected chi connectivity index (χ0v) is 14.3. The lowest BCUT2D eigenvalue weighted by atomic mass is 10.0. The first-order valence-electron chi connectivity index (χ1n) is 8.93. The molecule has 0 bridgehead atoms. The third-order valence-corrected chi connectivity index (χ3v) is 4.95. The molecule has 0 aliphatic carbocycles. The van der Waals surface area contributed by atoms with Gasteiger partial charge in [-0.3, -0.25) is 4.79 Å². The molecule has 1 aromatic carbocycles. The molecule has 2 N–H and O–H groups in total. The number of aromatic nitrogens is 2. The topological polar surface area (TPSA) is 75.4 Å². The van der Waals surface area contributed by atoms with Gasteiger partial charge in [0.25, 0.3) is 0 Å². The standard InChI is InChI=1S/C19H23N5O/c20-17-12-15(21-19(22-17)23-8-4-5-9-23)10-14-11-18(25)24(13-14)16-6-2-1-3-7-16/h1-3,6-7,12,14H,4-5,8-11,13H2,(H2,20,21,22)/t14-/m1/s1. The first kappa shape index (κ1) is 15.9. The van der Waals surface area contributed by atoms with Crippen LogP contribution in [0.4, 0.5) is 17.5 Å². The van der Waals surface area contributed by atoms with Gasteiger partial charge in [-0.05, 0) is 37.3 Å². The summed E-state index contributed by atoms with van der Waals surface area (Å²) in [7, 11) is 0. The summed E-state index contributed by atoms with van der Waals surface area (Å²) in [5.41, 5.74) is 7.89. The average Bonchev–Trinajstić information content (AvgIpc) is 3.25. The number of nitrogen functional groups attached to an aromatic ring is 1. The van der Waals surface area contributed by atoms with E-state index in [2.05, 4.69) is 9.88 Å². The van der Waals surface area contributed by atoms with Crippen molar-refractivity contribution in [2.75, 3.05) is 35.2 Å². The Balaban J connectivity index is 1.48. The summed E-state index contributed by atoms with van der Waals surface area (Å²) in [5.74, 6) is 1.68. The zero-order chi connectivity index (χ0) is 17.2. The Labute approximate surface area is 147 Å². The Kier molecular flexibility index (Phi) is 4.26. The van der Waals surface area contributed by atoms with Crippen LogP contribution in [-0.2, 0) is 11.2 Å². The molecule has 0 spiro atoms. The van der Waals surface area contributed by atoms with Crippen LogP contribution in [0.5, 0.6) is 0 Å². The zero-order valence-electron chi connectivity index (χ0n) is 14.3. The molecule has 2 aliphatic heterocycles. The Hall–Kier alpha value is -2.63. The van der Waals surface area contributed by atoms with Crippen molar-refractivity contribution in [3.63, 3.8) is 0 Å². The van der Waals surface area contributed by atoms with Gasteiger partial charge in [0.05, 0.1) is 0 Å². The smallest absolute Gasteiger partial charge is 0.227 e. The number of para-hydroxylation sites is 1. The molecule has 4 rings (SSSR count). The van der Waals surface area contributed by atoms with Gasteiger partial charge in [0.1, 0.15) is 5.82 Å². The molecule has 2 aromatic rings. The van der Waals surface area contributed by atoms with Gasteiger partial charge in [-0.25, -0.2) is 4.98 Å². The third kappa shape index (κ3) is 3.43. The van der Waals surface area contributed by atoms with Crippen LogP contribution in [0.1, 0.15) is 25.0 Å². The number of nitrogens with two attached hydrogens (primary N) is 1. The highest BCUT2D eigenvalue weighted by Gasteiger charge is 2.31. The van der Waals surface area contributed by atoms with Gasteiger partial charge in [-0.1, -0.05) is 18.2 Å². The predicted molar refractivity (Wildman–Crippen MR) is 98.5 cm³/mol. The van der Waals surface area contributed by atoms with Crippen LogP contribution in [0.25, 0.3) is 0 Å². The van der Waals surface area contributed by atoms with E-state index >= 15 is 0 Å². The quantitative estimate of drug-likeness (QED) is 0.926. The molecule has 0 unspecified atom stereocenters. The van der Waals surface area contributed by atoms with E-state index in [0.717, 1.165) is 43.4 Å². The highest BCUT2D eigenvalue weighted by atomic mass is 16.2. The number of carbonyl (C=O) groups is 1. The Morgan fingerprint density at radius 2 is 1.88 bits per heavy atom. The second kappa shape index (κ2) is 6.70. The van der Waals surface area contributed by atoms with Crippen molar-refractivity contribution in [3.8, 4) is 0 Å². The molecule has 1 aromatic heterocycles. The third-order valence-electron chi connectivity index (χ3n) is 4.95. The molecule has 6 heteroatoms. The van der Waals surface area contributed by atoms with Crippen molar-refractivity contribution in [1.82, 2.24) is 9.97 Å². The molecule has 2 saturated heterocycles. The average molecular weight is 337 g/mol. The maximum Gasteiger partial charge on any atom is 0.227 e. The summed E-state index contributed by atoms with van der Waals surface area (Å²) < 4.78 is 0. The van der Waals surface area contributed by atoms with E-state index in [9.17, 15) is 4.79 Å². The summed E-state index contributed by atoms with van der Waals surface area (Å²) >= 11 is 0. The van der Waals surface area contributed by atoms with Gasteiger partial charge in [0, 0.05) is 43.5 Å². The summed E-state index contributed by atoms with van der Waals surface area (Å²) in [4.78, 5) is 25.5. The van der Waals surface area contributed by atoms with Crippen LogP contribution < -0.4 is 15.5 Å². The van der Waals surface area contributed by atoms with Gasteiger partial charge in [-0.2, -0.15) is 4.98 Å². The number of anilines is 3. The highest BCUT2D eigenvalue weighted by Crippen LogP contribution is 2.27. The second-order valence-electron chi connectivity index (χ2n) is 6.89. The molecular weight excluding hydrogens is 314 g/mol. The maximum absolute atomic E-state index is 12.4. The van der Waals surface area contributed by atoms with E-state index in [1.54, 1.807) is 0 Å². The van der Waals surface area contributed by atoms with E-state index in [4.69, 9.17) is 10.7 Å². The van der Waals surface area contributed by atoms with Crippen molar-refractivity contribution >= 4 is 23.4 Å². The first-order chi connectivity index (χ1) is 12.2. The molecular formula is C19H23N5O. The fourth-order valence-electron chi connectivity index (χ4n) is 3.74. The van der Waals surface area contributed by atoms with Crippen molar-refractivity contribution < 1.29 is 4.79 Å². The first-order valence-corrected chi connectivity index (χ1v) is 8.93. The molecule has 1 atom stereocenters. The van der Waals surface area contributed by atoms with E-state index < -0.39 is 0 Å². The van der Waals surface area contributed by atoms with E-state index in [-0.39, 0.29) is 11.8 Å². The second-order valence-corrected chi connectivity index (χ2v) is 6.89. The van der Waals surface area contributed by atoms with Crippen LogP contribution >= 0.6 is 0 Å². The normalized spacial score (nSPS) is 20.5. The Morgan fingerprint density at radius 3 is 2.64 bits per heavy atom. The highest BCUT2D eigenvalue weighted by molar-refractivity contribution is 5.95. The van der Waals surface area contributed by atoms with Crippen LogP contribution in [0.3, 0.4) is 0 Å². The lowest BCUT2D eigenvalue weighted by molar-refractivity contribution is -0.117. The fraction of sp³-hybridized carbons (Fsp3) is 0.421. The molecule has 1 amide bonds. The minimum absolute atomic E-state index is 0.179. The minimum atomic E-state index is 0.179. The molecule has 25 heavy (non-hydrogen) atoms. The number of amides is 1. The summed E-state index contributed by atoms with van der Waals surface area (Å²) in [6.07, 6.45) is 3.66. The number of hydrogen-bond donors (Lipinski definition) is 1. The van der Waals surface area contributed by atoms with Crippen LogP contribution in [0.2, 0.25) is 0 Å². The van der Waals surface area contributed by atoms with E-state index in [1.165, 1.54) is 12.8 Å². The van der Waals surface area contributed by atoms with Crippen molar-refractivity contribution in [2.45, 2.75) is 25.7 Å². The van der Waals surface area contributed by atoms with Gasteiger partial charge < -0.3 is 15.5 Å². The molecule has 2 fully saturated rings. The monoisotopic (exact) mass is 337 g/mol.